The third-order valence-electron chi connectivity index (χ3n) is 2.11. The summed E-state index contributed by atoms with van der Waals surface area (Å²) in [6, 6.07) is 0. The summed E-state index contributed by atoms with van der Waals surface area (Å²) < 4.78 is 1.39. The molecule has 1 heterocycles. The van der Waals surface area contributed by atoms with Crippen molar-refractivity contribution in [2.45, 2.75) is 26.3 Å². The van der Waals surface area contributed by atoms with Gasteiger partial charge in [-0.05, 0) is 5.92 Å². The molecule has 2 N–H and O–H groups in total. The molecule has 14 heavy (non-hydrogen) atoms. The number of aliphatic carboxylic acids is 1. The van der Waals surface area contributed by atoms with Gasteiger partial charge in [0.1, 0.15) is 6.33 Å². The van der Waals surface area contributed by atoms with Crippen LogP contribution in [0.5, 0.6) is 0 Å². The molecule has 1 aromatic rings. The number of H-pyrrole nitrogens is 1. The second kappa shape index (κ2) is 4.59. The lowest BCUT2D eigenvalue weighted by Gasteiger charge is -2.11. The molecule has 1 aromatic heterocycles. The van der Waals surface area contributed by atoms with Gasteiger partial charge in [-0.1, -0.05) is 13.3 Å². The normalized spacial score (nSPS) is 12.6. The van der Waals surface area contributed by atoms with Gasteiger partial charge in [0.25, 0.3) is 0 Å². The second-order valence-corrected chi connectivity index (χ2v) is 3.19. The molecular weight excluding hydrogens is 186 g/mol. The van der Waals surface area contributed by atoms with E-state index in [-0.39, 0.29) is 18.0 Å². The van der Waals surface area contributed by atoms with Crippen LogP contribution >= 0.6 is 0 Å². The van der Waals surface area contributed by atoms with Gasteiger partial charge in [0.15, 0.2) is 0 Å². The van der Waals surface area contributed by atoms with Crippen molar-refractivity contribution in [3.8, 4) is 0 Å². The Morgan fingerprint density at radius 2 is 2.50 bits per heavy atom. The standard InChI is InChI=1S/C8H13N3O3/c1-2-6(3-7(12)13)4-11-5-9-10-8(11)14/h5-6H,2-4H2,1H3,(H,10,14)(H,12,13). The van der Waals surface area contributed by atoms with Gasteiger partial charge in [-0.15, -0.1) is 0 Å². The summed E-state index contributed by atoms with van der Waals surface area (Å²) >= 11 is 0. The van der Waals surface area contributed by atoms with Gasteiger partial charge in [-0.25, -0.2) is 9.89 Å². The molecule has 0 spiro atoms. The zero-order valence-electron chi connectivity index (χ0n) is 7.93. The van der Waals surface area contributed by atoms with Gasteiger partial charge < -0.3 is 5.11 Å². The summed E-state index contributed by atoms with van der Waals surface area (Å²) in [7, 11) is 0. The van der Waals surface area contributed by atoms with Crippen LogP contribution < -0.4 is 5.69 Å². The molecule has 0 aliphatic heterocycles. The smallest absolute Gasteiger partial charge is 0.343 e. The molecule has 0 fully saturated rings. The van der Waals surface area contributed by atoms with E-state index in [1.54, 1.807) is 0 Å². The minimum Gasteiger partial charge on any atom is -0.481 e. The van der Waals surface area contributed by atoms with Crippen LogP contribution in [0.1, 0.15) is 19.8 Å². The predicted molar refractivity (Wildman–Crippen MR) is 48.9 cm³/mol. The first-order valence-electron chi connectivity index (χ1n) is 4.45. The lowest BCUT2D eigenvalue weighted by molar-refractivity contribution is -0.138. The third kappa shape index (κ3) is 2.72. The minimum absolute atomic E-state index is 0.0252. The van der Waals surface area contributed by atoms with Crippen molar-refractivity contribution < 1.29 is 9.90 Å². The van der Waals surface area contributed by atoms with Crippen LogP contribution in [0.15, 0.2) is 11.1 Å². The van der Waals surface area contributed by atoms with E-state index in [1.165, 1.54) is 10.9 Å². The van der Waals surface area contributed by atoms with Gasteiger partial charge in [-0.3, -0.25) is 9.36 Å². The summed E-state index contributed by atoms with van der Waals surface area (Å²) in [6.07, 6.45) is 2.19. The lowest BCUT2D eigenvalue weighted by Crippen LogP contribution is -2.22. The fraction of sp³-hybridized carbons (Fsp3) is 0.625. The Balaban J connectivity index is 2.61. The Kier molecular flexibility index (Phi) is 3.44. The number of hydrogen-bond donors (Lipinski definition) is 2. The minimum atomic E-state index is -0.839. The summed E-state index contributed by atoms with van der Waals surface area (Å²) in [4.78, 5) is 21.5. The molecular formula is C8H13N3O3. The van der Waals surface area contributed by atoms with Crippen molar-refractivity contribution in [1.29, 1.82) is 0 Å². The van der Waals surface area contributed by atoms with Crippen LogP contribution in [0.2, 0.25) is 0 Å². The molecule has 0 radical (unpaired) electrons. The number of nitrogens with one attached hydrogen (secondary N) is 1. The summed E-state index contributed by atoms with van der Waals surface area (Å²) in [5.74, 6) is -0.865. The molecule has 1 unspecified atom stereocenters. The molecule has 0 aromatic carbocycles. The Bertz CT molecular complexity index is 355. The average Bonchev–Trinajstić information content (AvgIpc) is 2.50. The highest BCUT2D eigenvalue weighted by Crippen LogP contribution is 2.09. The first-order valence-corrected chi connectivity index (χ1v) is 4.45. The van der Waals surface area contributed by atoms with Crippen LogP contribution in [0.25, 0.3) is 0 Å². The highest BCUT2D eigenvalue weighted by molar-refractivity contribution is 5.66. The number of carboxylic acids is 1. The van der Waals surface area contributed by atoms with E-state index in [2.05, 4.69) is 10.2 Å². The van der Waals surface area contributed by atoms with Crippen LogP contribution in [-0.2, 0) is 11.3 Å². The number of hydrogen-bond acceptors (Lipinski definition) is 3. The topological polar surface area (TPSA) is 88.0 Å². The molecule has 6 heteroatoms. The quantitative estimate of drug-likeness (QED) is 0.702. The SMILES string of the molecule is CCC(CC(=O)O)Cn1cn[nH]c1=O. The van der Waals surface area contributed by atoms with E-state index in [0.29, 0.717) is 6.54 Å². The van der Waals surface area contributed by atoms with Gasteiger partial charge in [0, 0.05) is 13.0 Å². The van der Waals surface area contributed by atoms with Crippen molar-refractivity contribution in [3.63, 3.8) is 0 Å². The Morgan fingerprint density at radius 3 is 2.93 bits per heavy atom. The monoisotopic (exact) mass is 199 g/mol. The zero-order chi connectivity index (χ0) is 10.6. The Labute approximate surface area is 80.6 Å². The molecule has 0 aliphatic carbocycles. The fourth-order valence-corrected chi connectivity index (χ4v) is 1.26. The second-order valence-electron chi connectivity index (χ2n) is 3.19. The largest absolute Gasteiger partial charge is 0.481 e. The lowest BCUT2D eigenvalue weighted by atomic mass is 10.0. The highest BCUT2D eigenvalue weighted by Gasteiger charge is 2.12. The fourth-order valence-electron chi connectivity index (χ4n) is 1.26. The molecule has 0 saturated heterocycles. The van der Waals surface area contributed by atoms with Crippen LogP contribution in [0.4, 0.5) is 0 Å². The number of aromatic amines is 1. The van der Waals surface area contributed by atoms with Crippen molar-refractivity contribution in [1.82, 2.24) is 14.8 Å². The predicted octanol–water partition coefficient (Wildman–Crippen LogP) is 0.0723. The summed E-state index contributed by atoms with van der Waals surface area (Å²) in [6.45, 7) is 2.30. The van der Waals surface area contributed by atoms with Crippen molar-refractivity contribution in [3.05, 3.63) is 16.8 Å². The number of carbonyl (C=O) groups is 1. The van der Waals surface area contributed by atoms with Crippen LogP contribution in [-0.4, -0.2) is 25.8 Å². The van der Waals surface area contributed by atoms with Crippen LogP contribution in [0, 0.1) is 5.92 Å². The zero-order valence-corrected chi connectivity index (χ0v) is 7.93. The Hall–Kier alpha value is -1.59. The van der Waals surface area contributed by atoms with E-state index in [4.69, 9.17) is 5.11 Å². The first-order chi connectivity index (χ1) is 6.63. The number of carboxylic acid groups (broad SMARTS) is 1. The van der Waals surface area contributed by atoms with Gasteiger partial charge in [0.2, 0.25) is 0 Å². The number of rotatable bonds is 5. The van der Waals surface area contributed by atoms with Crippen molar-refractivity contribution in [2.75, 3.05) is 0 Å². The van der Waals surface area contributed by atoms with Gasteiger partial charge >= 0.3 is 11.7 Å². The first kappa shape index (κ1) is 10.5. The highest BCUT2D eigenvalue weighted by atomic mass is 16.4. The number of nitrogens with zero attached hydrogens (tertiary/aromatic N) is 2. The average molecular weight is 199 g/mol. The van der Waals surface area contributed by atoms with E-state index in [9.17, 15) is 9.59 Å². The third-order valence-corrected chi connectivity index (χ3v) is 2.11. The van der Waals surface area contributed by atoms with E-state index < -0.39 is 5.97 Å². The number of aromatic nitrogens is 3. The summed E-state index contributed by atoms with van der Waals surface area (Å²) in [5.41, 5.74) is -0.297. The molecule has 6 nitrogen and oxygen atoms in total. The van der Waals surface area contributed by atoms with E-state index >= 15 is 0 Å². The van der Waals surface area contributed by atoms with E-state index in [1.807, 2.05) is 6.92 Å². The van der Waals surface area contributed by atoms with Gasteiger partial charge in [0.05, 0.1) is 0 Å². The molecule has 0 amide bonds. The molecule has 78 valence electrons. The maximum absolute atomic E-state index is 11.1. The van der Waals surface area contributed by atoms with Gasteiger partial charge in [-0.2, -0.15) is 5.10 Å². The van der Waals surface area contributed by atoms with Crippen molar-refractivity contribution >= 4 is 5.97 Å². The molecule has 1 atom stereocenters. The maximum Gasteiger partial charge on any atom is 0.343 e. The molecule has 1 rings (SSSR count). The molecule has 0 aliphatic rings. The van der Waals surface area contributed by atoms with Crippen molar-refractivity contribution in [2.24, 2.45) is 5.92 Å². The molecule has 0 bridgehead atoms. The van der Waals surface area contributed by atoms with Crippen LogP contribution in [0.3, 0.4) is 0 Å². The molecule has 0 saturated carbocycles. The Morgan fingerprint density at radius 1 is 1.79 bits per heavy atom. The maximum atomic E-state index is 11.1. The van der Waals surface area contributed by atoms with E-state index in [0.717, 1.165) is 6.42 Å². The summed E-state index contributed by atoms with van der Waals surface area (Å²) in [5, 5.41) is 14.4.